The topological polar surface area (TPSA) is 294 Å². The standard InChI is InChI=1S/C20H40N4O11/c21-3-9-13(29)14(30)10(24)19(34-9)35-16-7(23)1-6(22)11(27)17(16)33-8-2-20(4-25,5-26)18(32)15(31)12(8)28/h6-19,25-32H,1-5,21-24H2. The molecule has 35 heavy (non-hydrogen) atoms. The van der Waals surface area contributed by atoms with Gasteiger partial charge in [-0.2, -0.15) is 0 Å². The molecule has 2 aliphatic carbocycles. The molecule has 14 unspecified atom stereocenters. The molecule has 3 aliphatic rings. The van der Waals surface area contributed by atoms with Crippen molar-refractivity contribution in [1.29, 1.82) is 0 Å². The Morgan fingerprint density at radius 3 is 1.97 bits per heavy atom. The predicted molar refractivity (Wildman–Crippen MR) is 117 cm³/mol. The molecule has 15 nitrogen and oxygen atoms in total. The Kier molecular flexibility index (Phi) is 9.45. The molecule has 3 rings (SSSR count). The van der Waals surface area contributed by atoms with E-state index in [9.17, 15) is 40.9 Å². The molecule has 0 spiro atoms. The average Bonchev–Trinajstić information content (AvgIpc) is 2.84. The third-order valence-electron chi connectivity index (χ3n) is 7.59. The molecule has 2 saturated carbocycles. The van der Waals surface area contributed by atoms with Crippen molar-refractivity contribution in [2.24, 2.45) is 28.3 Å². The van der Waals surface area contributed by atoms with Crippen LogP contribution in [0.25, 0.3) is 0 Å². The summed E-state index contributed by atoms with van der Waals surface area (Å²) < 4.78 is 17.5. The van der Waals surface area contributed by atoms with Crippen molar-refractivity contribution in [1.82, 2.24) is 0 Å². The Morgan fingerprint density at radius 2 is 1.40 bits per heavy atom. The summed E-state index contributed by atoms with van der Waals surface area (Å²) >= 11 is 0. The van der Waals surface area contributed by atoms with E-state index < -0.39 is 104 Å². The van der Waals surface area contributed by atoms with E-state index in [0.717, 1.165) is 0 Å². The van der Waals surface area contributed by atoms with Gasteiger partial charge in [0.2, 0.25) is 0 Å². The van der Waals surface area contributed by atoms with Gasteiger partial charge in [-0.1, -0.05) is 0 Å². The average molecular weight is 513 g/mol. The second-order valence-corrected chi connectivity index (χ2v) is 9.94. The number of hydrogen-bond acceptors (Lipinski definition) is 15. The zero-order chi connectivity index (χ0) is 26.2. The number of hydrogen-bond donors (Lipinski definition) is 12. The van der Waals surface area contributed by atoms with Crippen molar-refractivity contribution >= 4 is 0 Å². The van der Waals surface area contributed by atoms with E-state index >= 15 is 0 Å². The highest BCUT2D eigenvalue weighted by atomic mass is 16.7. The van der Waals surface area contributed by atoms with Crippen LogP contribution in [0, 0.1) is 5.41 Å². The maximum Gasteiger partial charge on any atom is 0.176 e. The van der Waals surface area contributed by atoms with Gasteiger partial charge >= 0.3 is 0 Å². The fourth-order valence-corrected chi connectivity index (χ4v) is 5.14. The second kappa shape index (κ2) is 11.4. The number of aliphatic hydroxyl groups is 8. The van der Waals surface area contributed by atoms with Crippen molar-refractivity contribution in [2.45, 2.75) is 98.3 Å². The highest BCUT2D eigenvalue weighted by Crippen LogP contribution is 2.39. The van der Waals surface area contributed by atoms with E-state index in [2.05, 4.69) is 0 Å². The van der Waals surface area contributed by atoms with Crippen molar-refractivity contribution < 1.29 is 55.1 Å². The smallest absolute Gasteiger partial charge is 0.176 e. The lowest BCUT2D eigenvalue weighted by Crippen LogP contribution is -2.69. The SMILES string of the molecule is NCC1OC(OC2C(N)CC(N)C(O)C2OC2CC(CO)(CO)C(O)C(O)C2O)C(N)C(O)C1O. The molecule has 0 aromatic heterocycles. The fourth-order valence-electron chi connectivity index (χ4n) is 5.14. The molecule has 0 amide bonds. The van der Waals surface area contributed by atoms with Crippen LogP contribution in [0.2, 0.25) is 0 Å². The molecule has 0 aromatic rings. The van der Waals surface area contributed by atoms with E-state index in [1.54, 1.807) is 0 Å². The molecular formula is C20H40N4O11. The first-order chi connectivity index (χ1) is 16.4. The minimum absolute atomic E-state index is 0.102. The maximum atomic E-state index is 10.8. The van der Waals surface area contributed by atoms with Gasteiger partial charge in [0.15, 0.2) is 6.29 Å². The van der Waals surface area contributed by atoms with E-state index in [0.29, 0.717) is 0 Å². The molecule has 0 aromatic carbocycles. The maximum absolute atomic E-state index is 10.8. The lowest BCUT2D eigenvalue weighted by atomic mass is 9.69. The summed E-state index contributed by atoms with van der Waals surface area (Å²) in [5, 5.41) is 82.0. The van der Waals surface area contributed by atoms with Crippen LogP contribution in [0.5, 0.6) is 0 Å². The van der Waals surface area contributed by atoms with Gasteiger partial charge in [-0.05, 0) is 12.8 Å². The molecule has 1 heterocycles. The first-order valence-electron chi connectivity index (χ1n) is 11.7. The summed E-state index contributed by atoms with van der Waals surface area (Å²) in [6.45, 7) is -1.58. The zero-order valence-corrected chi connectivity index (χ0v) is 19.2. The Balaban J connectivity index is 1.85. The largest absolute Gasteiger partial charge is 0.396 e. The summed E-state index contributed by atoms with van der Waals surface area (Å²) in [6.07, 6.45) is -15.4. The Bertz CT molecular complexity index is 689. The van der Waals surface area contributed by atoms with Gasteiger partial charge in [0.05, 0.1) is 37.6 Å². The van der Waals surface area contributed by atoms with Gasteiger partial charge in [-0.3, -0.25) is 0 Å². The Morgan fingerprint density at radius 1 is 0.771 bits per heavy atom. The number of ether oxygens (including phenoxy) is 3. The van der Waals surface area contributed by atoms with Crippen LogP contribution in [0.4, 0.5) is 0 Å². The lowest BCUT2D eigenvalue weighted by Gasteiger charge is -2.51. The van der Waals surface area contributed by atoms with Crippen molar-refractivity contribution in [3.05, 3.63) is 0 Å². The fraction of sp³-hybridized carbons (Fsp3) is 1.00. The number of aliphatic hydroxyl groups excluding tert-OH is 8. The predicted octanol–water partition coefficient (Wildman–Crippen LogP) is -7.27. The minimum atomic E-state index is -1.77. The molecule has 16 N–H and O–H groups in total. The Labute approximate surface area is 202 Å². The summed E-state index contributed by atoms with van der Waals surface area (Å²) in [4.78, 5) is 0. The molecular weight excluding hydrogens is 472 g/mol. The Hall–Kier alpha value is -0.600. The van der Waals surface area contributed by atoms with Gasteiger partial charge in [-0.15, -0.1) is 0 Å². The van der Waals surface area contributed by atoms with E-state index in [1.165, 1.54) is 0 Å². The van der Waals surface area contributed by atoms with Crippen molar-refractivity contribution in [2.75, 3.05) is 19.8 Å². The van der Waals surface area contributed by atoms with E-state index in [-0.39, 0.29) is 19.4 Å². The van der Waals surface area contributed by atoms with Crippen LogP contribution in [0.15, 0.2) is 0 Å². The number of nitrogens with two attached hydrogens (primary N) is 4. The molecule has 15 heteroatoms. The van der Waals surface area contributed by atoms with Gasteiger partial charge in [-0.25, -0.2) is 0 Å². The molecule has 14 atom stereocenters. The molecule has 0 radical (unpaired) electrons. The molecule has 1 aliphatic heterocycles. The van der Waals surface area contributed by atoms with Crippen LogP contribution in [-0.2, 0) is 14.2 Å². The van der Waals surface area contributed by atoms with Gasteiger partial charge in [0.1, 0.15) is 42.7 Å². The molecule has 3 fully saturated rings. The summed E-state index contributed by atoms with van der Waals surface area (Å²) in [5.41, 5.74) is 22.3. The molecule has 1 saturated heterocycles. The van der Waals surface area contributed by atoms with Crippen LogP contribution < -0.4 is 22.9 Å². The third-order valence-corrected chi connectivity index (χ3v) is 7.59. The van der Waals surface area contributed by atoms with Crippen LogP contribution in [0.3, 0.4) is 0 Å². The first-order valence-corrected chi connectivity index (χ1v) is 11.7. The van der Waals surface area contributed by atoms with Gasteiger partial charge in [0, 0.05) is 24.0 Å². The van der Waals surface area contributed by atoms with Crippen LogP contribution >= 0.6 is 0 Å². The van der Waals surface area contributed by atoms with E-state index in [1.807, 2.05) is 0 Å². The highest BCUT2D eigenvalue weighted by Gasteiger charge is 2.55. The zero-order valence-electron chi connectivity index (χ0n) is 19.2. The summed E-state index contributed by atoms with van der Waals surface area (Å²) in [5.74, 6) is 0. The first kappa shape index (κ1) is 29.0. The van der Waals surface area contributed by atoms with Crippen molar-refractivity contribution in [3.8, 4) is 0 Å². The molecule has 0 bridgehead atoms. The van der Waals surface area contributed by atoms with Crippen molar-refractivity contribution in [3.63, 3.8) is 0 Å². The minimum Gasteiger partial charge on any atom is -0.396 e. The monoisotopic (exact) mass is 512 g/mol. The summed E-state index contributed by atoms with van der Waals surface area (Å²) in [6, 6.07) is -2.88. The molecule has 206 valence electrons. The highest BCUT2D eigenvalue weighted by molar-refractivity contribution is 5.05. The second-order valence-electron chi connectivity index (χ2n) is 9.94. The van der Waals surface area contributed by atoms with Gasteiger partial charge in [0.25, 0.3) is 0 Å². The van der Waals surface area contributed by atoms with Gasteiger partial charge < -0.3 is 78.0 Å². The van der Waals surface area contributed by atoms with E-state index in [4.69, 9.17) is 37.1 Å². The van der Waals surface area contributed by atoms with Crippen LogP contribution in [-0.4, -0.2) is 146 Å². The normalized spacial score (nSPS) is 50.7. The summed E-state index contributed by atoms with van der Waals surface area (Å²) in [7, 11) is 0. The quantitative estimate of drug-likeness (QED) is 0.151. The lowest BCUT2D eigenvalue weighted by molar-refractivity contribution is -0.302. The van der Waals surface area contributed by atoms with Crippen LogP contribution in [0.1, 0.15) is 12.8 Å². The number of rotatable bonds is 7. The third kappa shape index (κ3) is 5.36.